The fraction of sp³-hybridized carbons (Fsp3) is 0.526. The van der Waals surface area contributed by atoms with Crippen LogP contribution < -0.4 is 0 Å². The van der Waals surface area contributed by atoms with Gasteiger partial charge in [-0.2, -0.15) is 0 Å². The number of rotatable bonds is 3. The quantitative estimate of drug-likeness (QED) is 0.854. The van der Waals surface area contributed by atoms with Gasteiger partial charge < -0.3 is 14.0 Å². The normalized spacial score (nSPS) is 24.9. The van der Waals surface area contributed by atoms with Crippen LogP contribution in [0.2, 0.25) is 0 Å². The molecular formula is C19H24N2O2. The highest BCUT2D eigenvalue weighted by atomic mass is 16.5. The molecular weight excluding hydrogens is 288 g/mol. The third-order valence-electron chi connectivity index (χ3n) is 4.88. The number of aromatic nitrogens is 1. The van der Waals surface area contributed by atoms with Crippen molar-refractivity contribution in [3.63, 3.8) is 0 Å². The van der Waals surface area contributed by atoms with E-state index in [0.717, 1.165) is 30.9 Å². The monoisotopic (exact) mass is 312 g/mol. The van der Waals surface area contributed by atoms with Crippen molar-refractivity contribution in [3.05, 3.63) is 36.0 Å². The van der Waals surface area contributed by atoms with Crippen LogP contribution in [-0.4, -0.2) is 29.7 Å². The lowest BCUT2D eigenvalue weighted by Gasteiger charge is -2.24. The Bertz CT molecular complexity index is 726. The maximum absolute atomic E-state index is 5.99. The Morgan fingerprint density at radius 3 is 2.83 bits per heavy atom. The standard InChI is InChI=1S/C19H24N2O2/c1-13(2)16-12-23-19(20-16)15-11-21(18-9-5-6-10-22-18)17-8-4-3-7-14(15)17/h3-4,7-8,11,13,16,18H,5-6,9-10,12H2,1-2H3/t16-,18?/m1/s1. The molecule has 2 aliphatic rings. The number of aliphatic imine (C=N–C) groups is 1. The van der Waals surface area contributed by atoms with Gasteiger partial charge in [0.05, 0.1) is 17.1 Å². The number of hydrogen-bond acceptors (Lipinski definition) is 3. The first-order valence-corrected chi connectivity index (χ1v) is 8.66. The SMILES string of the molecule is CC(C)[C@H]1COC(c2cn(C3CCCCO3)c3ccccc23)=N1. The van der Waals surface area contributed by atoms with Crippen LogP contribution in [0.25, 0.3) is 10.9 Å². The van der Waals surface area contributed by atoms with Crippen LogP contribution in [0.3, 0.4) is 0 Å². The lowest BCUT2D eigenvalue weighted by atomic mass is 10.1. The molecule has 1 aromatic heterocycles. The summed E-state index contributed by atoms with van der Waals surface area (Å²) in [6.07, 6.45) is 5.75. The Morgan fingerprint density at radius 2 is 2.09 bits per heavy atom. The van der Waals surface area contributed by atoms with E-state index in [-0.39, 0.29) is 12.3 Å². The maximum atomic E-state index is 5.99. The average Bonchev–Trinajstić information content (AvgIpc) is 3.20. The summed E-state index contributed by atoms with van der Waals surface area (Å²) < 4.78 is 14.2. The maximum Gasteiger partial charge on any atom is 0.218 e. The van der Waals surface area contributed by atoms with Crippen LogP contribution in [0, 0.1) is 5.92 Å². The largest absolute Gasteiger partial charge is 0.475 e. The number of hydrogen-bond donors (Lipinski definition) is 0. The highest BCUT2D eigenvalue weighted by Crippen LogP contribution is 2.31. The minimum absolute atomic E-state index is 0.130. The van der Waals surface area contributed by atoms with Crippen LogP contribution in [0.15, 0.2) is 35.5 Å². The van der Waals surface area contributed by atoms with E-state index in [2.05, 4.69) is 48.9 Å². The molecule has 122 valence electrons. The van der Waals surface area contributed by atoms with Crippen molar-refractivity contribution in [2.45, 2.75) is 45.4 Å². The predicted octanol–water partition coefficient (Wildman–Crippen LogP) is 4.14. The van der Waals surface area contributed by atoms with E-state index in [9.17, 15) is 0 Å². The van der Waals surface area contributed by atoms with Crippen LogP contribution in [0.5, 0.6) is 0 Å². The molecule has 2 aromatic rings. The molecule has 0 bridgehead atoms. The van der Waals surface area contributed by atoms with Crippen molar-refractivity contribution in [3.8, 4) is 0 Å². The summed E-state index contributed by atoms with van der Waals surface area (Å²) in [5.74, 6) is 1.29. The Labute approximate surface area is 137 Å². The van der Waals surface area contributed by atoms with Gasteiger partial charge in [0.15, 0.2) is 0 Å². The third-order valence-corrected chi connectivity index (χ3v) is 4.88. The molecule has 4 rings (SSSR count). The van der Waals surface area contributed by atoms with E-state index in [4.69, 9.17) is 14.5 Å². The molecule has 2 aliphatic heterocycles. The molecule has 2 atom stereocenters. The number of para-hydroxylation sites is 1. The number of nitrogens with zero attached hydrogens (tertiary/aromatic N) is 2. The molecule has 23 heavy (non-hydrogen) atoms. The van der Waals surface area contributed by atoms with E-state index < -0.39 is 0 Å². The molecule has 0 N–H and O–H groups in total. The molecule has 1 saturated heterocycles. The van der Waals surface area contributed by atoms with E-state index in [0.29, 0.717) is 12.5 Å². The minimum Gasteiger partial charge on any atom is -0.475 e. The van der Waals surface area contributed by atoms with Crippen molar-refractivity contribution < 1.29 is 9.47 Å². The Kier molecular flexibility index (Phi) is 3.85. The average molecular weight is 312 g/mol. The van der Waals surface area contributed by atoms with Crippen molar-refractivity contribution in [1.29, 1.82) is 0 Å². The molecule has 4 heteroatoms. The highest BCUT2D eigenvalue weighted by Gasteiger charge is 2.27. The minimum atomic E-state index is 0.130. The Morgan fingerprint density at radius 1 is 1.22 bits per heavy atom. The van der Waals surface area contributed by atoms with Gasteiger partial charge in [-0.3, -0.25) is 0 Å². The van der Waals surface area contributed by atoms with Gasteiger partial charge >= 0.3 is 0 Å². The smallest absolute Gasteiger partial charge is 0.218 e. The predicted molar refractivity (Wildman–Crippen MR) is 91.9 cm³/mol. The molecule has 0 saturated carbocycles. The zero-order valence-corrected chi connectivity index (χ0v) is 13.9. The van der Waals surface area contributed by atoms with Crippen LogP contribution in [0.4, 0.5) is 0 Å². The van der Waals surface area contributed by atoms with Gasteiger partial charge in [0.25, 0.3) is 0 Å². The van der Waals surface area contributed by atoms with Gasteiger partial charge in [0.1, 0.15) is 12.8 Å². The Hall–Kier alpha value is -1.81. The summed E-state index contributed by atoms with van der Waals surface area (Å²) in [5.41, 5.74) is 2.30. The zero-order chi connectivity index (χ0) is 15.8. The zero-order valence-electron chi connectivity index (χ0n) is 13.9. The molecule has 0 radical (unpaired) electrons. The fourth-order valence-electron chi connectivity index (χ4n) is 3.43. The second-order valence-corrected chi connectivity index (χ2v) is 6.85. The molecule has 0 aliphatic carbocycles. The molecule has 1 unspecified atom stereocenters. The van der Waals surface area contributed by atoms with Gasteiger partial charge in [-0.1, -0.05) is 32.0 Å². The van der Waals surface area contributed by atoms with Gasteiger partial charge in [-0.15, -0.1) is 0 Å². The summed E-state index contributed by atoms with van der Waals surface area (Å²) in [4.78, 5) is 4.81. The lowest BCUT2D eigenvalue weighted by Crippen LogP contribution is -2.17. The van der Waals surface area contributed by atoms with Gasteiger partial charge in [0, 0.05) is 18.2 Å². The molecule has 3 heterocycles. The van der Waals surface area contributed by atoms with Crippen molar-refractivity contribution in [2.75, 3.05) is 13.2 Å². The lowest BCUT2D eigenvalue weighted by molar-refractivity contribution is -0.0292. The van der Waals surface area contributed by atoms with E-state index in [1.54, 1.807) is 0 Å². The summed E-state index contributed by atoms with van der Waals surface area (Å²) in [7, 11) is 0. The Balaban J connectivity index is 1.77. The second kappa shape index (κ2) is 6.00. The number of benzene rings is 1. The number of fused-ring (bicyclic) bond motifs is 1. The van der Waals surface area contributed by atoms with E-state index >= 15 is 0 Å². The third kappa shape index (κ3) is 2.65. The second-order valence-electron chi connectivity index (χ2n) is 6.85. The first-order valence-electron chi connectivity index (χ1n) is 8.66. The highest BCUT2D eigenvalue weighted by molar-refractivity contribution is 6.07. The fourth-order valence-corrected chi connectivity index (χ4v) is 3.43. The van der Waals surface area contributed by atoms with Gasteiger partial charge in [-0.05, 0) is 31.2 Å². The van der Waals surface area contributed by atoms with Crippen molar-refractivity contribution in [2.24, 2.45) is 10.9 Å². The molecule has 4 nitrogen and oxygen atoms in total. The van der Waals surface area contributed by atoms with Gasteiger partial charge in [-0.25, -0.2) is 4.99 Å². The first kappa shape index (κ1) is 14.8. The topological polar surface area (TPSA) is 35.8 Å². The van der Waals surface area contributed by atoms with Crippen LogP contribution in [0.1, 0.15) is 44.9 Å². The first-order chi connectivity index (χ1) is 11.2. The summed E-state index contributed by atoms with van der Waals surface area (Å²) in [6, 6.07) is 8.73. The molecule has 1 fully saturated rings. The summed E-state index contributed by atoms with van der Waals surface area (Å²) in [5, 5.41) is 1.20. The van der Waals surface area contributed by atoms with Crippen LogP contribution in [-0.2, 0) is 9.47 Å². The van der Waals surface area contributed by atoms with E-state index in [1.165, 1.54) is 17.3 Å². The summed E-state index contributed by atoms with van der Waals surface area (Å²) >= 11 is 0. The summed E-state index contributed by atoms with van der Waals surface area (Å²) in [6.45, 7) is 5.92. The van der Waals surface area contributed by atoms with Crippen molar-refractivity contribution in [1.82, 2.24) is 4.57 Å². The van der Waals surface area contributed by atoms with E-state index in [1.807, 2.05) is 0 Å². The molecule has 0 amide bonds. The molecule has 0 spiro atoms. The number of ether oxygens (including phenoxy) is 2. The van der Waals surface area contributed by atoms with Crippen LogP contribution >= 0.6 is 0 Å². The molecule has 1 aromatic carbocycles. The van der Waals surface area contributed by atoms with Crippen molar-refractivity contribution >= 4 is 16.8 Å². The van der Waals surface area contributed by atoms with Gasteiger partial charge in [0.2, 0.25) is 5.90 Å².